The summed E-state index contributed by atoms with van der Waals surface area (Å²) in [4.78, 5) is 10.9. The zero-order valence-corrected chi connectivity index (χ0v) is 11.8. The molecule has 2 aromatic heterocycles. The van der Waals surface area contributed by atoms with E-state index in [-0.39, 0.29) is 12.1 Å². The second kappa shape index (κ2) is 5.24. The minimum absolute atomic E-state index is 0.0986. The predicted octanol–water partition coefficient (Wildman–Crippen LogP) is 1.13. The van der Waals surface area contributed by atoms with Crippen molar-refractivity contribution in [2.24, 2.45) is 0 Å². The van der Waals surface area contributed by atoms with E-state index in [1.165, 1.54) is 0 Å². The van der Waals surface area contributed by atoms with Gasteiger partial charge in [-0.1, -0.05) is 12.8 Å². The molecule has 1 aliphatic carbocycles. The summed E-state index contributed by atoms with van der Waals surface area (Å²) in [5.74, 6) is 1.35. The average Bonchev–Trinajstić information content (AvgIpc) is 2.94. The van der Waals surface area contributed by atoms with Crippen molar-refractivity contribution in [2.45, 2.75) is 37.8 Å². The molecule has 1 fully saturated rings. The molecule has 2 heterocycles. The van der Waals surface area contributed by atoms with Crippen molar-refractivity contribution in [3.63, 3.8) is 0 Å². The highest BCUT2D eigenvalue weighted by Gasteiger charge is 2.28. The Bertz CT molecular complexity index is 598. The zero-order chi connectivity index (χ0) is 14.1. The SMILES string of the molecule is CNc1nc(N(C)C2CCCCC2O)c2cn[nH]c2n1. The molecule has 0 bridgehead atoms. The largest absolute Gasteiger partial charge is 0.391 e. The number of likely N-dealkylation sites (N-methyl/N-ethyl adjacent to an activating group) is 1. The molecule has 2 aromatic rings. The molecule has 108 valence electrons. The fraction of sp³-hybridized carbons (Fsp3) is 0.615. The molecule has 2 atom stereocenters. The third-order valence-corrected chi connectivity index (χ3v) is 4.04. The standard InChI is InChI=1S/C13H20N6O/c1-14-13-16-11-8(7-15-18-11)12(17-13)19(2)9-5-3-4-6-10(9)20/h7,9-10,20H,3-6H2,1-2H3,(H2,14,15,16,17,18). The Morgan fingerprint density at radius 3 is 2.90 bits per heavy atom. The van der Waals surface area contributed by atoms with Gasteiger partial charge in [0.05, 0.1) is 23.7 Å². The lowest BCUT2D eigenvalue weighted by Crippen LogP contribution is -2.44. The number of aliphatic hydroxyl groups is 1. The Kier molecular flexibility index (Phi) is 3.43. The van der Waals surface area contributed by atoms with Gasteiger partial charge >= 0.3 is 0 Å². The Hall–Kier alpha value is -1.89. The molecular weight excluding hydrogens is 256 g/mol. The number of rotatable bonds is 3. The number of nitrogens with one attached hydrogen (secondary N) is 2. The summed E-state index contributed by atoms with van der Waals surface area (Å²) in [5, 5.41) is 21.0. The zero-order valence-electron chi connectivity index (χ0n) is 11.8. The first-order valence-electron chi connectivity index (χ1n) is 7.00. The van der Waals surface area contributed by atoms with Gasteiger partial charge in [-0.15, -0.1) is 0 Å². The Morgan fingerprint density at radius 1 is 1.35 bits per heavy atom. The lowest BCUT2D eigenvalue weighted by Gasteiger charge is -2.36. The van der Waals surface area contributed by atoms with Gasteiger partial charge in [0.1, 0.15) is 5.82 Å². The number of aromatic nitrogens is 4. The second-order valence-electron chi connectivity index (χ2n) is 5.28. The smallest absolute Gasteiger partial charge is 0.226 e. The van der Waals surface area contributed by atoms with Crippen molar-refractivity contribution < 1.29 is 5.11 Å². The van der Waals surface area contributed by atoms with Crippen molar-refractivity contribution in [3.05, 3.63) is 6.20 Å². The topological polar surface area (TPSA) is 90.0 Å². The normalized spacial score (nSPS) is 22.9. The molecule has 0 aromatic carbocycles. The molecule has 1 saturated carbocycles. The third kappa shape index (κ3) is 2.18. The van der Waals surface area contributed by atoms with Crippen LogP contribution < -0.4 is 10.2 Å². The summed E-state index contributed by atoms with van der Waals surface area (Å²) in [6, 6.07) is 0.0986. The van der Waals surface area contributed by atoms with Gasteiger partial charge in [-0.25, -0.2) is 0 Å². The van der Waals surface area contributed by atoms with Crippen LogP contribution in [0, 0.1) is 0 Å². The summed E-state index contributed by atoms with van der Waals surface area (Å²) in [7, 11) is 3.77. The van der Waals surface area contributed by atoms with Crippen LogP contribution in [0.1, 0.15) is 25.7 Å². The summed E-state index contributed by atoms with van der Waals surface area (Å²) in [6.07, 6.45) is 5.51. The number of aromatic amines is 1. The predicted molar refractivity (Wildman–Crippen MR) is 77.9 cm³/mol. The van der Waals surface area contributed by atoms with Gasteiger partial charge in [-0.2, -0.15) is 15.1 Å². The number of hydrogen-bond donors (Lipinski definition) is 3. The van der Waals surface area contributed by atoms with Crippen LogP contribution in [0.3, 0.4) is 0 Å². The molecule has 7 nitrogen and oxygen atoms in total. The number of aliphatic hydroxyl groups excluding tert-OH is 1. The number of anilines is 2. The van der Waals surface area contributed by atoms with Crippen LogP contribution in [-0.2, 0) is 0 Å². The maximum absolute atomic E-state index is 10.2. The average molecular weight is 276 g/mol. The second-order valence-corrected chi connectivity index (χ2v) is 5.28. The van der Waals surface area contributed by atoms with Gasteiger partial charge in [0.15, 0.2) is 5.65 Å². The first-order chi connectivity index (χ1) is 9.70. The fourth-order valence-corrected chi connectivity index (χ4v) is 2.90. The summed E-state index contributed by atoms with van der Waals surface area (Å²) in [5.41, 5.74) is 0.705. The Morgan fingerprint density at radius 2 is 2.15 bits per heavy atom. The molecule has 20 heavy (non-hydrogen) atoms. The van der Waals surface area contributed by atoms with Crippen molar-refractivity contribution in [2.75, 3.05) is 24.3 Å². The van der Waals surface area contributed by atoms with Crippen LogP contribution >= 0.6 is 0 Å². The van der Waals surface area contributed by atoms with E-state index in [4.69, 9.17) is 0 Å². The maximum Gasteiger partial charge on any atom is 0.226 e. The Labute approximate surface area is 117 Å². The van der Waals surface area contributed by atoms with E-state index in [0.717, 1.165) is 36.9 Å². The molecule has 3 N–H and O–H groups in total. The Balaban J connectivity index is 2.01. The highest BCUT2D eigenvalue weighted by Crippen LogP contribution is 2.29. The molecule has 0 radical (unpaired) electrons. The van der Waals surface area contributed by atoms with Crippen molar-refractivity contribution in [1.29, 1.82) is 0 Å². The number of nitrogens with zero attached hydrogens (tertiary/aromatic N) is 4. The number of hydrogen-bond acceptors (Lipinski definition) is 6. The molecule has 0 spiro atoms. The van der Waals surface area contributed by atoms with Crippen molar-refractivity contribution in [3.8, 4) is 0 Å². The van der Waals surface area contributed by atoms with Gasteiger partial charge in [0.2, 0.25) is 5.95 Å². The quantitative estimate of drug-likeness (QED) is 0.778. The molecule has 3 rings (SSSR count). The highest BCUT2D eigenvalue weighted by molar-refractivity contribution is 5.87. The van der Waals surface area contributed by atoms with Crippen molar-refractivity contribution in [1.82, 2.24) is 20.2 Å². The number of H-pyrrole nitrogens is 1. The van der Waals surface area contributed by atoms with Gasteiger partial charge in [-0.05, 0) is 12.8 Å². The van der Waals surface area contributed by atoms with Crippen LogP contribution in [-0.4, -0.2) is 51.5 Å². The summed E-state index contributed by atoms with van der Waals surface area (Å²) < 4.78 is 0. The number of fused-ring (bicyclic) bond motifs is 1. The molecular formula is C13H20N6O. The molecule has 0 amide bonds. The van der Waals surface area contributed by atoms with Crippen LogP contribution in [0.15, 0.2) is 6.20 Å². The molecule has 2 unspecified atom stereocenters. The van der Waals surface area contributed by atoms with Crippen LogP contribution in [0.4, 0.5) is 11.8 Å². The van der Waals surface area contributed by atoms with E-state index < -0.39 is 0 Å². The van der Waals surface area contributed by atoms with Crippen LogP contribution in [0.2, 0.25) is 0 Å². The minimum atomic E-state index is -0.302. The summed E-state index contributed by atoms with van der Waals surface area (Å²) in [6.45, 7) is 0. The first kappa shape index (κ1) is 13.1. The lowest BCUT2D eigenvalue weighted by atomic mass is 9.91. The molecule has 1 aliphatic rings. The molecule has 7 heteroatoms. The van der Waals surface area contributed by atoms with Gasteiger partial charge in [-0.3, -0.25) is 5.10 Å². The summed E-state index contributed by atoms with van der Waals surface area (Å²) >= 11 is 0. The monoisotopic (exact) mass is 276 g/mol. The highest BCUT2D eigenvalue weighted by atomic mass is 16.3. The van der Waals surface area contributed by atoms with Crippen molar-refractivity contribution >= 4 is 22.8 Å². The third-order valence-electron chi connectivity index (χ3n) is 4.04. The van der Waals surface area contributed by atoms with E-state index in [2.05, 4.69) is 30.4 Å². The van der Waals surface area contributed by atoms with Crippen LogP contribution in [0.25, 0.3) is 11.0 Å². The van der Waals surface area contributed by atoms with E-state index >= 15 is 0 Å². The molecule has 0 aliphatic heterocycles. The van der Waals surface area contributed by atoms with E-state index in [1.54, 1.807) is 13.2 Å². The maximum atomic E-state index is 10.2. The molecule has 0 saturated heterocycles. The minimum Gasteiger partial charge on any atom is -0.391 e. The lowest BCUT2D eigenvalue weighted by molar-refractivity contribution is 0.106. The van der Waals surface area contributed by atoms with E-state index in [1.807, 2.05) is 7.05 Å². The first-order valence-corrected chi connectivity index (χ1v) is 7.00. The van der Waals surface area contributed by atoms with Gasteiger partial charge < -0.3 is 15.3 Å². The van der Waals surface area contributed by atoms with E-state index in [9.17, 15) is 5.11 Å². The van der Waals surface area contributed by atoms with E-state index in [0.29, 0.717) is 11.6 Å². The van der Waals surface area contributed by atoms with Crippen LogP contribution in [0.5, 0.6) is 0 Å². The van der Waals surface area contributed by atoms with Gasteiger partial charge in [0, 0.05) is 14.1 Å². The van der Waals surface area contributed by atoms with Gasteiger partial charge in [0.25, 0.3) is 0 Å². The fourth-order valence-electron chi connectivity index (χ4n) is 2.90.